The largest absolute Gasteiger partial charge is 0.493 e. The molecule has 8 heteroatoms. The third kappa shape index (κ3) is 3.32. The second kappa shape index (κ2) is 7.36. The van der Waals surface area contributed by atoms with E-state index in [2.05, 4.69) is 10.1 Å². The number of methoxy groups -OCH3 is 1. The Morgan fingerprint density at radius 1 is 1.23 bits per heavy atom. The Hall–Kier alpha value is -3.86. The van der Waals surface area contributed by atoms with E-state index in [4.69, 9.17) is 14.7 Å². The minimum absolute atomic E-state index is 0.106. The number of nitriles is 1. The summed E-state index contributed by atoms with van der Waals surface area (Å²) in [6, 6.07) is 13.5. The van der Waals surface area contributed by atoms with Gasteiger partial charge in [-0.2, -0.15) is 10.4 Å². The van der Waals surface area contributed by atoms with E-state index in [1.54, 1.807) is 42.5 Å². The standard InChI is InChI=1S/C18H14N4O4/c1-25-16-10-12(6-7-15(16)26-9-8-19)11-20-22-17(23)13-4-2-3-5-14(13)21-18(22)24/h2-7,10-11H,9H2,1H3,(H,21,24). The zero-order valence-electron chi connectivity index (χ0n) is 13.8. The van der Waals surface area contributed by atoms with Crippen molar-refractivity contribution in [3.8, 4) is 17.6 Å². The summed E-state index contributed by atoms with van der Waals surface area (Å²) in [6.07, 6.45) is 1.36. The number of aromatic amines is 1. The molecule has 0 spiro atoms. The zero-order chi connectivity index (χ0) is 18.5. The lowest BCUT2D eigenvalue weighted by Crippen LogP contribution is -2.32. The number of aromatic nitrogens is 2. The first-order chi connectivity index (χ1) is 12.6. The fourth-order valence-corrected chi connectivity index (χ4v) is 2.38. The Balaban J connectivity index is 1.98. The first kappa shape index (κ1) is 17.0. The van der Waals surface area contributed by atoms with Crippen LogP contribution < -0.4 is 20.7 Å². The van der Waals surface area contributed by atoms with Crippen LogP contribution in [-0.4, -0.2) is 29.6 Å². The van der Waals surface area contributed by atoms with Gasteiger partial charge in [-0.05, 0) is 35.9 Å². The van der Waals surface area contributed by atoms with Gasteiger partial charge in [-0.25, -0.2) is 4.79 Å². The molecule has 0 amide bonds. The van der Waals surface area contributed by atoms with Crippen molar-refractivity contribution in [2.45, 2.75) is 0 Å². The summed E-state index contributed by atoms with van der Waals surface area (Å²) in [7, 11) is 1.47. The van der Waals surface area contributed by atoms with Gasteiger partial charge in [0.25, 0.3) is 5.56 Å². The van der Waals surface area contributed by atoms with E-state index in [0.717, 1.165) is 4.68 Å². The average molecular weight is 350 g/mol. The van der Waals surface area contributed by atoms with E-state index in [1.165, 1.54) is 13.3 Å². The lowest BCUT2D eigenvalue weighted by Gasteiger charge is -2.08. The summed E-state index contributed by atoms with van der Waals surface area (Å²) in [4.78, 5) is 27.1. The summed E-state index contributed by atoms with van der Waals surface area (Å²) in [5.74, 6) is 0.816. The molecule has 0 aliphatic heterocycles. The molecule has 3 rings (SSSR count). The van der Waals surface area contributed by atoms with E-state index in [-0.39, 0.29) is 6.61 Å². The molecule has 0 unspecified atom stereocenters. The third-order valence-corrected chi connectivity index (χ3v) is 3.59. The van der Waals surface area contributed by atoms with Crippen molar-refractivity contribution in [3.63, 3.8) is 0 Å². The first-order valence-corrected chi connectivity index (χ1v) is 7.60. The van der Waals surface area contributed by atoms with Crippen molar-refractivity contribution in [2.24, 2.45) is 5.10 Å². The number of fused-ring (bicyclic) bond motifs is 1. The molecule has 8 nitrogen and oxygen atoms in total. The second-order valence-electron chi connectivity index (χ2n) is 5.19. The van der Waals surface area contributed by atoms with Gasteiger partial charge in [0.2, 0.25) is 0 Å². The summed E-state index contributed by atoms with van der Waals surface area (Å²) in [5, 5.41) is 12.9. The van der Waals surface area contributed by atoms with Crippen LogP contribution in [-0.2, 0) is 0 Å². The quantitative estimate of drug-likeness (QED) is 0.701. The van der Waals surface area contributed by atoms with Crippen molar-refractivity contribution in [2.75, 3.05) is 13.7 Å². The SMILES string of the molecule is COc1cc(C=Nn2c(=O)[nH]c3ccccc3c2=O)ccc1OCC#N. The Morgan fingerprint density at radius 3 is 2.81 bits per heavy atom. The molecule has 26 heavy (non-hydrogen) atoms. The van der Waals surface area contributed by atoms with Gasteiger partial charge in [0, 0.05) is 0 Å². The Labute approximate surface area is 147 Å². The van der Waals surface area contributed by atoms with Crippen molar-refractivity contribution in [1.82, 2.24) is 9.66 Å². The summed E-state index contributed by atoms with van der Waals surface area (Å²) in [6.45, 7) is -0.106. The van der Waals surface area contributed by atoms with Crippen LogP contribution in [0.5, 0.6) is 11.5 Å². The number of para-hydroxylation sites is 1. The number of hydrogen-bond donors (Lipinski definition) is 1. The Kier molecular flexibility index (Phi) is 4.80. The predicted molar refractivity (Wildman–Crippen MR) is 95.9 cm³/mol. The normalized spacial score (nSPS) is 10.8. The molecule has 0 radical (unpaired) electrons. The Morgan fingerprint density at radius 2 is 2.04 bits per heavy atom. The molecule has 1 N–H and O–H groups in total. The van der Waals surface area contributed by atoms with E-state index in [1.807, 2.05) is 6.07 Å². The highest BCUT2D eigenvalue weighted by molar-refractivity contribution is 5.81. The van der Waals surface area contributed by atoms with Crippen LogP contribution in [0.4, 0.5) is 0 Å². The lowest BCUT2D eigenvalue weighted by atomic mass is 10.2. The fraction of sp³-hybridized carbons (Fsp3) is 0.111. The summed E-state index contributed by atoms with van der Waals surface area (Å²) in [5.41, 5.74) is -0.104. The van der Waals surface area contributed by atoms with E-state index in [0.29, 0.717) is 28.0 Å². The maximum Gasteiger partial charge on any atom is 0.349 e. The summed E-state index contributed by atoms with van der Waals surface area (Å²) < 4.78 is 11.2. The minimum atomic E-state index is -0.633. The van der Waals surface area contributed by atoms with Gasteiger partial charge in [0.05, 0.1) is 24.2 Å². The van der Waals surface area contributed by atoms with E-state index in [9.17, 15) is 9.59 Å². The fourth-order valence-electron chi connectivity index (χ4n) is 2.38. The number of nitrogens with one attached hydrogen (secondary N) is 1. The number of benzene rings is 2. The number of H-pyrrole nitrogens is 1. The zero-order valence-corrected chi connectivity index (χ0v) is 13.8. The van der Waals surface area contributed by atoms with Gasteiger partial charge < -0.3 is 14.5 Å². The molecule has 0 aliphatic carbocycles. The van der Waals surface area contributed by atoms with Crippen LogP contribution in [0.25, 0.3) is 10.9 Å². The van der Waals surface area contributed by atoms with Gasteiger partial charge in [0.1, 0.15) is 6.07 Å². The molecule has 0 atom stereocenters. The Bertz CT molecular complexity index is 1140. The lowest BCUT2D eigenvalue weighted by molar-refractivity contribution is 0.329. The van der Waals surface area contributed by atoms with Crippen LogP contribution in [0, 0.1) is 11.3 Å². The number of ether oxygens (including phenoxy) is 2. The smallest absolute Gasteiger partial charge is 0.349 e. The molecule has 0 saturated heterocycles. The van der Waals surface area contributed by atoms with Crippen LogP contribution in [0.3, 0.4) is 0 Å². The third-order valence-electron chi connectivity index (χ3n) is 3.59. The minimum Gasteiger partial charge on any atom is -0.493 e. The van der Waals surface area contributed by atoms with Gasteiger partial charge in [-0.15, -0.1) is 4.68 Å². The molecule has 0 bridgehead atoms. The molecular formula is C18H14N4O4. The number of nitrogens with zero attached hydrogens (tertiary/aromatic N) is 3. The second-order valence-corrected chi connectivity index (χ2v) is 5.19. The van der Waals surface area contributed by atoms with Crippen LogP contribution in [0.2, 0.25) is 0 Å². The van der Waals surface area contributed by atoms with Crippen molar-refractivity contribution >= 4 is 17.1 Å². The van der Waals surface area contributed by atoms with Crippen LogP contribution in [0.15, 0.2) is 57.2 Å². The van der Waals surface area contributed by atoms with Crippen molar-refractivity contribution in [3.05, 3.63) is 68.9 Å². The molecule has 3 aromatic rings. The monoisotopic (exact) mass is 350 g/mol. The molecule has 1 aromatic heterocycles. The van der Waals surface area contributed by atoms with Crippen LogP contribution >= 0.6 is 0 Å². The highest BCUT2D eigenvalue weighted by Crippen LogP contribution is 2.27. The summed E-state index contributed by atoms with van der Waals surface area (Å²) >= 11 is 0. The molecule has 1 heterocycles. The van der Waals surface area contributed by atoms with Gasteiger partial charge in [0.15, 0.2) is 18.1 Å². The topological polar surface area (TPSA) is 109 Å². The first-order valence-electron chi connectivity index (χ1n) is 7.60. The van der Waals surface area contributed by atoms with E-state index < -0.39 is 11.2 Å². The molecule has 2 aromatic carbocycles. The van der Waals surface area contributed by atoms with Crippen molar-refractivity contribution in [1.29, 1.82) is 5.26 Å². The molecule has 0 aliphatic rings. The molecular weight excluding hydrogens is 336 g/mol. The van der Waals surface area contributed by atoms with Gasteiger partial charge >= 0.3 is 5.69 Å². The maximum atomic E-state index is 12.4. The average Bonchev–Trinajstić information content (AvgIpc) is 2.66. The van der Waals surface area contributed by atoms with E-state index >= 15 is 0 Å². The number of hydrogen-bond acceptors (Lipinski definition) is 6. The highest BCUT2D eigenvalue weighted by atomic mass is 16.5. The number of rotatable bonds is 5. The molecule has 0 fully saturated rings. The van der Waals surface area contributed by atoms with Gasteiger partial charge in [-0.1, -0.05) is 12.1 Å². The predicted octanol–water partition coefficient (Wildman–Crippen LogP) is 1.48. The van der Waals surface area contributed by atoms with Gasteiger partial charge in [-0.3, -0.25) is 4.79 Å². The maximum absolute atomic E-state index is 12.4. The highest BCUT2D eigenvalue weighted by Gasteiger charge is 2.07. The molecule has 130 valence electrons. The molecule has 0 saturated carbocycles. The van der Waals surface area contributed by atoms with Crippen LogP contribution in [0.1, 0.15) is 5.56 Å². The van der Waals surface area contributed by atoms with Crippen molar-refractivity contribution < 1.29 is 9.47 Å².